The molecule has 0 saturated carbocycles. The Bertz CT molecular complexity index is 894. The van der Waals surface area contributed by atoms with Crippen LogP contribution in [0.5, 0.6) is 0 Å². The topological polar surface area (TPSA) is 78.7 Å². The van der Waals surface area contributed by atoms with Gasteiger partial charge in [-0.2, -0.15) is 5.26 Å². The lowest BCUT2D eigenvalue weighted by Crippen LogP contribution is -2.13. The first-order chi connectivity index (χ1) is 11.8. The van der Waals surface area contributed by atoms with E-state index >= 15 is 0 Å². The first kappa shape index (κ1) is 15.6. The van der Waals surface area contributed by atoms with Gasteiger partial charge in [0, 0.05) is 5.57 Å². The van der Waals surface area contributed by atoms with Crippen LogP contribution in [0.25, 0.3) is 11.6 Å². The van der Waals surface area contributed by atoms with Crippen molar-refractivity contribution in [3.8, 4) is 6.07 Å². The zero-order valence-electron chi connectivity index (χ0n) is 12.5. The van der Waals surface area contributed by atoms with E-state index in [9.17, 15) is 4.79 Å². The maximum Gasteiger partial charge on any atom is 0.258 e. The number of carbonyl (C=O) groups excluding carboxylic acids is 1. The van der Waals surface area contributed by atoms with Crippen molar-refractivity contribution in [3.63, 3.8) is 0 Å². The predicted octanol–water partition coefficient (Wildman–Crippen LogP) is 3.59. The number of hydrogen-bond acceptors (Lipinski definition) is 5. The van der Waals surface area contributed by atoms with Crippen molar-refractivity contribution in [1.82, 2.24) is 10.2 Å². The summed E-state index contributed by atoms with van der Waals surface area (Å²) >= 11 is 1.25. The summed E-state index contributed by atoms with van der Waals surface area (Å²) in [6.07, 6.45) is 1.80. The highest BCUT2D eigenvalue weighted by Crippen LogP contribution is 2.21. The molecule has 1 aromatic heterocycles. The number of benzene rings is 2. The molecule has 116 valence electrons. The van der Waals surface area contributed by atoms with Crippen molar-refractivity contribution in [2.45, 2.75) is 0 Å². The number of carbonyl (C=O) groups is 1. The van der Waals surface area contributed by atoms with Gasteiger partial charge in [-0.3, -0.25) is 10.1 Å². The zero-order chi connectivity index (χ0) is 16.8. The Hall–Kier alpha value is -3.30. The highest BCUT2D eigenvalue weighted by Gasteiger charge is 2.14. The molecule has 0 atom stereocenters. The molecule has 0 spiro atoms. The van der Waals surface area contributed by atoms with Crippen molar-refractivity contribution < 1.29 is 4.79 Å². The molecule has 3 rings (SSSR count). The second-order valence-corrected chi connectivity index (χ2v) is 5.69. The molecule has 3 aromatic rings. The number of nitriles is 1. The quantitative estimate of drug-likeness (QED) is 0.585. The Morgan fingerprint density at radius 2 is 1.88 bits per heavy atom. The summed E-state index contributed by atoms with van der Waals surface area (Å²) in [4.78, 5) is 12.7. The third-order valence-corrected chi connectivity index (χ3v) is 3.87. The predicted molar refractivity (Wildman–Crippen MR) is 94.0 cm³/mol. The third kappa shape index (κ3) is 3.72. The maximum absolute atomic E-state index is 12.7. The van der Waals surface area contributed by atoms with Crippen molar-refractivity contribution in [2.75, 3.05) is 5.32 Å². The lowest BCUT2D eigenvalue weighted by molar-refractivity contribution is -0.111. The Balaban J connectivity index is 1.98. The minimum Gasteiger partial charge on any atom is -0.296 e. The molecule has 0 saturated heterocycles. The van der Waals surface area contributed by atoms with Gasteiger partial charge in [0.05, 0.1) is 11.6 Å². The summed E-state index contributed by atoms with van der Waals surface area (Å²) in [6.45, 7) is 0. The molecular weight excluding hydrogens is 320 g/mol. The van der Waals surface area contributed by atoms with Gasteiger partial charge in [0.1, 0.15) is 5.51 Å². The normalized spacial score (nSPS) is 10.9. The van der Waals surface area contributed by atoms with Crippen LogP contribution in [0.4, 0.5) is 5.13 Å². The van der Waals surface area contributed by atoms with Gasteiger partial charge in [-0.25, -0.2) is 0 Å². The minimum atomic E-state index is -0.277. The average molecular weight is 332 g/mol. The molecule has 1 N–H and O–H groups in total. The van der Waals surface area contributed by atoms with E-state index in [1.54, 1.807) is 35.9 Å². The molecule has 24 heavy (non-hydrogen) atoms. The Kier molecular flexibility index (Phi) is 4.75. The molecule has 0 unspecified atom stereocenters. The van der Waals surface area contributed by atoms with E-state index in [0.29, 0.717) is 16.3 Å². The maximum atomic E-state index is 12.7. The Morgan fingerprint density at radius 1 is 1.12 bits per heavy atom. The van der Waals surface area contributed by atoms with E-state index in [2.05, 4.69) is 21.6 Å². The lowest BCUT2D eigenvalue weighted by Gasteiger charge is -2.08. The van der Waals surface area contributed by atoms with E-state index < -0.39 is 0 Å². The fraction of sp³-hybridized carbons (Fsp3) is 0. The van der Waals surface area contributed by atoms with Gasteiger partial charge in [0.2, 0.25) is 5.13 Å². The standard InChI is InChI=1S/C18H12N4OS/c19-11-14-6-8-15(9-7-14)16(10-13-4-2-1-3-5-13)17(23)21-18-22-20-12-24-18/h1-10,12H,(H,21,22,23)/b16-10-. The number of hydrogen-bond donors (Lipinski definition) is 1. The van der Waals surface area contributed by atoms with Crippen LogP contribution in [-0.2, 0) is 4.79 Å². The van der Waals surface area contributed by atoms with Crippen molar-refractivity contribution >= 4 is 34.0 Å². The first-order valence-electron chi connectivity index (χ1n) is 7.11. The van der Waals surface area contributed by atoms with E-state index in [0.717, 1.165) is 11.1 Å². The van der Waals surface area contributed by atoms with E-state index in [-0.39, 0.29) is 5.91 Å². The summed E-state index contributed by atoms with van der Waals surface area (Å²) in [5.41, 5.74) is 4.21. The highest BCUT2D eigenvalue weighted by atomic mass is 32.1. The lowest BCUT2D eigenvalue weighted by atomic mass is 10.0. The number of rotatable bonds is 4. The van der Waals surface area contributed by atoms with Gasteiger partial charge in [-0.1, -0.05) is 53.8 Å². The van der Waals surface area contributed by atoms with Crippen molar-refractivity contribution in [2.24, 2.45) is 0 Å². The summed E-state index contributed by atoms with van der Waals surface area (Å²) < 4.78 is 0. The third-order valence-electron chi connectivity index (χ3n) is 3.26. The number of aromatic nitrogens is 2. The van der Waals surface area contributed by atoms with Crippen LogP contribution >= 0.6 is 11.3 Å². The summed E-state index contributed by atoms with van der Waals surface area (Å²) in [5, 5.41) is 19.6. The molecular formula is C18H12N4OS. The second-order valence-electron chi connectivity index (χ2n) is 4.86. The molecule has 0 bridgehead atoms. The van der Waals surface area contributed by atoms with Crippen LogP contribution in [0.2, 0.25) is 0 Å². The average Bonchev–Trinajstić information content (AvgIpc) is 3.13. The molecule has 6 heteroatoms. The molecule has 2 aromatic carbocycles. The molecule has 1 heterocycles. The zero-order valence-corrected chi connectivity index (χ0v) is 13.3. The van der Waals surface area contributed by atoms with Gasteiger partial charge < -0.3 is 0 Å². The number of anilines is 1. The van der Waals surface area contributed by atoms with Crippen LogP contribution in [0.3, 0.4) is 0 Å². The molecule has 0 aliphatic heterocycles. The van der Waals surface area contributed by atoms with Crippen LogP contribution in [0, 0.1) is 11.3 Å². The molecule has 0 fully saturated rings. The highest BCUT2D eigenvalue weighted by molar-refractivity contribution is 7.13. The van der Waals surface area contributed by atoms with Gasteiger partial charge in [-0.05, 0) is 29.3 Å². The molecule has 0 aliphatic rings. The van der Waals surface area contributed by atoms with Crippen LogP contribution in [0.15, 0.2) is 60.1 Å². The molecule has 5 nitrogen and oxygen atoms in total. The van der Waals surface area contributed by atoms with Crippen molar-refractivity contribution in [3.05, 3.63) is 76.8 Å². The SMILES string of the molecule is N#Cc1ccc(/C(=C/c2ccccc2)C(=O)Nc2nncs2)cc1. The molecule has 0 aliphatic carbocycles. The first-order valence-corrected chi connectivity index (χ1v) is 7.99. The summed E-state index contributed by atoms with van der Waals surface area (Å²) in [6, 6.07) is 18.5. The van der Waals surface area contributed by atoms with Gasteiger partial charge in [-0.15, -0.1) is 10.2 Å². The minimum absolute atomic E-state index is 0.277. The van der Waals surface area contributed by atoms with Crippen molar-refractivity contribution in [1.29, 1.82) is 5.26 Å². The van der Waals surface area contributed by atoms with E-state index in [1.807, 2.05) is 30.3 Å². The van der Waals surface area contributed by atoms with Gasteiger partial charge >= 0.3 is 0 Å². The van der Waals surface area contributed by atoms with E-state index in [1.165, 1.54) is 11.3 Å². The second kappa shape index (κ2) is 7.31. The van der Waals surface area contributed by atoms with E-state index in [4.69, 9.17) is 5.26 Å². The number of nitrogens with zero attached hydrogens (tertiary/aromatic N) is 3. The summed E-state index contributed by atoms with van der Waals surface area (Å²) in [5.74, 6) is -0.277. The fourth-order valence-electron chi connectivity index (χ4n) is 2.11. The van der Waals surface area contributed by atoms with Gasteiger partial charge in [0.25, 0.3) is 5.91 Å². The Morgan fingerprint density at radius 3 is 2.50 bits per heavy atom. The summed E-state index contributed by atoms with van der Waals surface area (Å²) in [7, 11) is 0. The largest absolute Gasteiger partial charge is 0.296 e. The number of nitrogens with one attached hydrogen (secondary N) is 1. The fourth-order valence-corrected chi connectivity index (χ4v) is 2.55. The number of amides is 1. The monoisotopic (exact) mass is 332 g/mol. The van der Waals surface area contributed by atoms with Gasteiger partial charge in [0.15, 0.2) is 0 Å². The van der Waals surface area contributed by atoms with Crippen LogP contribution in [-0.4, -0.2) is 16.1 Å². The van der Waals surface area contributed by atoms with Crippen LogP contribution in [0.1, 0.15) is 16.7 Å². The van der Waals surface area contributed by atoms with Crippen LogP contribution < -0.4 is 5.32 Å². The molecule has 1 amide bonds. The smallest absolute Gasteiger partial charge is 0.258 e. The molecule has 0 radical (unpaired) electrons. The Labute approximate surface area is 142 Å².